The molecule has 1 aliphatic heterocycles. The predicted octanol–water partition coefficient (Wildman–Crippen LogP) is 3.87. The molecule has 25 heavy (non-hydrogen) atoms. The van der Waals surface area contributed by atoms with Crippen molar-refractivity contribution in [2.24, 2.45) is 5.41 Å². The van der Waals surface area contributed by atoms with Crippen LogP contribution in [-0.4, -0.2) is 23.9 Å². The first-order valence-corrected chi connectivity index (χ1v) is 8.84. The largest absolute Gasteiger partial charge is 0.360 e. The molecule has 1 aromatic carbocycles. The lowest BCUT2D eigenvalue weighted by Gasteiger charge is -2.28. The van der Waals surface area contributed by atoms with Crippen LogP contribution in [0, 0.1) is 16.7 Å². The number of ketones is 1. The fraction of sp³-hybridized carbons (Fsp3) is 0.333. The number of hydrogen-bond acceptors (Lipinski definition) is 3. The number of allylic oxidation sites excluding steroid dienone is 4. The zero-order chi connectivity index (χ0) is 17.3. The Morgan fingerprint density at radius 3 is 2.96 bits per heavy atom. The number of Topliss-reactive ketones (excluding diaryl/α,β-unsaturated/α-hetero) is 1. The van der Waals surface area contributed by atoms with Gasteiger partial charge < -0.3 is 10.3 Å². The molecule has 0 bridgehead atoms. The molecule has 2 N–H and O–H groups in total. The summed E-state index contributed by atoms with van der Waals surface area (Å²) in [5, 5.41) is 13.5. The molecule has 0 saturated carbocycles. The highest BCUT2D eigenvalue weighted by Crippen LogP contribution is 2.38. The van der Waals surface area contributed by atoms with Crippen molar-refractivity contribution in [3.63, 3.8) is 0 Å². The predicted molar refractivity (Wildman–Crippen MR) is 98.3 cm³/mol. The number of nitrogens with zero attached hydrogens (tertiary/aromatic N) is 1. The lowest BCUT2D eigenvalue weighted by Crippen LogP contribution is -2.34. The minimum absolute atomic E-state index is 0.185. The van der Waals surface area contributed by atoms with Gasteiger partial charge in [-0.2, -0.15) is 5.26 Å². The number of aromatic nitrogens is 1. The molecule has 1 fully saturated rings. The van der Waals surface area contributed by atoms with Gasteiger partial charge in [-0.05, 0) is 50.4 Å². The number of nitrogens with one attached hydrogen (secondary N) is 2. The highest BCUT2D eigenvalue weighted by atomic mass is 16.1. The topological polar surface area (TPSA) is 68.7 Å². The Balaban J connectivity index is 1.70. The highest BCUT2D eigenvalue weighted by molar-refractivity contribution is 6.04. The van der Waals surface area contributed by atoms with Gasteiger partial charge in [0.1, 0.15) is 6.07 Å². The van der Waals surface area contributed by atoms with E-state index in [1.54, 1.807) is 6.20 Å². The van der Waals surface area contributed by atoms with Gasteiger partial charge in [0.25, 0.3) is 0 Å². The van der Waals surface area contributed by atoms with Crippen LogP contribution in [0.2, 0.25) is 0 Å². The molecule has 1 aliphatic carbocycles. The van der Waals surface area contributed by atoms with Crippen molar-refractivity contribution in [3.8, 4) is 6.07 Å². The summed E-state index contributed by atoms with van der Waals surface area (Å²) in [6.45, 7) is 1.59. The number of carbonyl (C=O) groups excluding carboxylic acids is 1. The molecule has 0 spiro atoms. The summed E-state index contributed by atoms with van der Waals surface area (Å²) in [6, 6.07) is 7.85. The second-order valence-corrected chi connectivity index (χ2v) is 7.05. The average Bonchev–Trinajstić information content (AvgIpc) is 3.28. The minimum Gasteiger partial charge on any atom is -0.360 e. The number of carbonyl (C=O) groups is 1. The van der Waals surface area contributed by atoms with Crippen LogP contribution in [0.5, 0.6) is 0 Å². The summed E-state index contributed by atoms with van der Waals surface area (Å²) < 4.78 is 0. The Hall–Kier alpha value is -2.64. The Morgan fingerprint density at radius 1 is 1.32 bits per heavy atom. The molecule has 4 rings (SSSR count). The zero-order valence-electron chi connectivity index (χ0n) is 14.1. The summed E-state index contributed by atoms with van der Waals surface area (Å²) >= 11 is 0. The smallest absolute Gasteiger partial charge is 0.170 e. The SMILES string of the molecule is N#Cc1c[nH]c2ccc(C(=O)C3(CC4=CCCC=C4)CCNC3)cc12. The first-order valence-electron chi connectivity index (χ1n) is 8.84. The molecular formula is C21H21N3O. The van der Waals surface area contributed by atoms with E-state index in [-0.39, 0.29) is 11.2 Å². The van der Waals surface area contributed by atoms with Gasteiger partial charge in [-0.3, -0.25) is 4.79 Å². The fourth-order valence-electron chi connectivity index (χ4n) is 4.02. The molecule has 2 heterocycles. The average molecular weight is 331 g/mol. The number of rotatable bonds is 4. The van der Waals surface area contributed by atoms with Crippen molar-refractivity contribution >= 4 is 16.7 Å². The van der Waals surface area contributed by atoms with Crippen LogP contribution in [0.15, 0.2) is 48.2 Å². The van der Waals surface area contributed by atoms with Crippen LogP contribution in [0.1, 0.15) is 41.6 Å². The molecule has 4 nitrogen and oxygen atoms in total. The van der Waals surface area contributed by atoms with Crippen LogP contribution in [0.25, 0.3) is 10.9 Å². The molecule has 2 aliphatic rings. The van der Waals surface area contributed by atoms with E-state index in [1.807, 2.05) is 18.2 Å². The normalized spacial score (nSPS) is 22.8. The van der Waals surface area contributed by atoms with Gasteiger partial charge in [-0.1, -0.05) is 23.8 Å². The molecule has 1 aromatic heterocycles. The molecule has 1 saturated heterocycles. The number of fused-ring (bicyclic) bond motifs is 1. The van der Waals surface area contributed by atoms with Crippen molar-refractivity contribution in [1.29, 1.82) is 5.26 Å². The second kappa shape index (κ2) is 6.34. The molecule has 4 heteroatoms. The molecular weight excluding hydrogens is 310 g/mol. The minimum atomic E-state index is -0.385. The maximum absolute atomic E-state index is 13.4. The van der Waals surface area contributed by atoms with Crippen molar-refractivity contribution in [3.05, 3.63) is 59.3 Å². The third kappa shape index (κ3) is 2.81. The van der Waals surface area contributed by atoms with Crippen LogP contribution in [-0.2, 0) is 0 Å². The monoisotopic (exact) mass is 331 g/mol. The van der Waals surface area contributed by atoms with E-state index in [4.69, 9.17) is 0 Å². The summed E-state index contributed by atoms with van der Waals surface area (Å²) in [5.41, 5.74) is 3.06. The zero-order valence-corrected chi connectivity index (χ0v) is 14.1. The lowest BCUT2D eigenvalue weighted by molar-refractivity contribution is 0.0817. The van der Waals surface area contributed by atoms with E-state index in [1.165, 1.54) is 5.57 Å². The van der Waals surface area contributed by atoms with Gasteiger partial charge in [0.2, 0.25) is 0 Å². The van der Waals surface area contributed by atoms with Crippen LogP contribution >= 0.6 is 0 Å². The third-order valence-electron chi connectivity index (χ3n) is 5.40. The Labute approximate surface area is 147 Å². The molecule has 1 atom stereocenters. The van der Waals surface area contributed by atoms with Crippen LogP contribution in [0.3, 0.4) is 0 Å². The van der Waals surface area contributed by atoms with Gasteiger partial charge >= 0.3 is 0 Å². The molecule has 0 amide bonds. The fourth-order valence-corrected chi connectivity index (χ4v) is 4.02. The van der Waals surface area contributed by atoms with Crippen LogP contribution < -0.4 is 5.32 Å². The number of H-pyrrole nitrogens is 1. The number of aromatic amines is 1. The Bertz CT molecular complexity index is 920. The summed E-state index contributed by atoms with van der Waals surface area (Å²) in [7, 11) is 0. The van der Waals surface area contributed by atoms with E-state index in [0.717, 1.165) is 43.1 Å². The maximum Gasteiger partial charge on any atom is 0.170 e. The van der Waals surface area contributed by atoms with E-state index in [9.17, 15) is 10.1 Å². The number of benzene rings is 1. The van der Waals surface area contributed by atoms with E-state index in [2.05, 4.69) is 34.6 Å². The molecule has 126 valence electrons. The van der Waals surface area contributed by atoms with Crippen molar-refractivity contribution in [1.82, 2.24) is 10.3 Å². The second-order valence-electron chi connectivity index (χ2n) is 7.05. The van der Waals surface area contributed by atoms with Crippen molar-refractivity contribution in [2.45, 2.75) is 25.7 Å². The van der Waals surface area contributed by atoms with Gasteiger partial charge in [-0.15, -0.1) is 0 Å². The third-order valence-corrected chi connectivity index (χ3v) is 5.40. The van der Waals surface area contributed by atoms with Crippen molar-refractivity contribution in [2.75, 3.05) is 13.1 Å². The van der Waals surface area contributed by atoms with Crippen molar-refractivity contribution < 1.29 is 4.79 Å². The first-order chi connectivity index (χ1) is 12.2. The Morgan fingerprint density at radius 2 is 2.24 bits per heavy atom. The summed E-state index contributed by atoms with van der Waals surface area (Å²) in [4.78, 5) is 16.5. The molecule has 0 radical (unpaired) electrons. The van der Waals surface area contributed by atoms with E-state index < -0.39 is 0 Å². The maximum atomic E-state index is 13.4. The first kappa shape index (κ1) is 15.9. The van der Waals surface area contributed by atoms with E-state index >= 15 is 0 Å². The molecule has 1 unspecified atom stereocenters. The highest BCUT2D eigenvalue weighted by Gasteiger charge is 2.41. The standard InChI is InChI=1S/C21H21N3O/c22-12-17-13-24-19-7-6-16(10-18(17)19)20(25)21(8-9-23-14-21)11-15-4-2-1-3-5-15/h2,4-7,10,13,23-24H,1,3,8-9,11,14H2. The molecule has 2 aromatic rings. The number of hydrogen-bond donors (Lipinski definition) is 2. The van der Waals surface area contributed by atoms with Gasteiger partial charge in [0.15, 0.2) is 5.78 Å². The quantitative estimate of drug-likeness (QED) is 0.836. The summed E-state index contributed by atoms with van der Waals surface area (Å²) in [5.74, 6) is 0.185. The number of nitriles is 1. The van der Waals surface area contributed by atoms with Gasteiger partial charge in [0.05, 0.1) is 11.0 Å². The lowest BCUT2D eigenvalue weighted by atomic mass is 9.74. The van der Waals surface area contributed by atoms with Gasteiger partial charge in [-0.25, -0.2) is 0 Å². The van der Waals surface area contributed by atoms with E-state index in [0.29, 0.717) is 17.7 Å². The van der Waals surface area contributed by atoms with Crippen LogP contribution in [0.4, 0.5) is 0 Å². The Kier molecular flexibility index (Phi) is 4.03. The van der Waals surface area contributed by atoms with Gasteiger partial charge in [0, 0.05) is 29.2 Å². The summed E-state index contributed by atoms with van der Waals surface area (Å²) in [6.07, 6.45) is 12.1.